The van der Waals surface area contributed by atoms with Gasteiger partial charge in [-0.05, 0) is 59.8 Å². The molecule has 2 rings (SSSR count). The van der Waals surface area contributed by atoms with Gasteiger partial charge in [0.25, 0.3) is 5.91 Å². The van der Waals surface area contributed by atoms with E-state index in [0.717, 1.165) is 14.8 Å². The zero-order chi connectivity index (χ0) is 13.1. The van der Waals surface area contributed by atoms with Gasteiger partial charge in [-0.2, -0.15) is 0 Å². The van der Waals surface area contributed by atoms with Gasteiger partial charge in [-0.1, -0.05) is 17.7 Å². The summed E-state index contributed by atoms with van der Waals surface area (Å²) in [4.78, 5) is 12.0. The predicted molar refractivity (Wildman–Crippen MR) is 80.0 cm³/mol. The van der Waals surface area contributed by atoms with Gasteiger partial charge < -0.3 is 10.4 Å². The van der Waals surface area contributed by atoms with Crippen molar-refractivity contribution in [3.8, 4) is 5.75 Å². The summed E-state index contributed by atoms with van der Waals surface area (Å²) in [5, 5.41) is 12.2. The molecule has 0 radical (unpaired) electrons. The summed E-state index contributed by atoms with van der Waals surface area (Å²) in [5.41, 5.74) is 2.35. The van der Waals surface area contributed by atoms with Crippen molar-refractivity contribution < 1.29 is 9.90 Å². The number of nitrogens with one attached hydrogen (secondary N) is 1. The molecule has 1 amide bonds. The average molecular weight is 353 g/mol. The zero-order valence-electron chi connectivity index (χ0n) is 9.77. The molecular weight excluding hydrogens is 341 g/mol. The Balaban J connectivity index is 2.21. The molecule has 0 aliphatic carbocycles. The fraction of sp³-hybridized carbons (Fsp3) is 0.0714. The van der Waals surface area contributed by atoms with E-state index in [1.807, 2.05) is 31.2 Å². The second-order valence-electron chi connectivity index (χ2n) is 3.98. The molecule has 0 spiro atoms. The Morgan fingerprint density at radius 2 is 1.83 bits per heavy atom. The molecule has 0 saturated heterocycles. The Labute approximate surface area is 119 Å². The molecule has 0 aliphatic heterocycles. The predicted octanol–water partition coefficient (Wildman–Crippen LogP) is 3.56. The molecule has 0 unspecified atom stereocenters. The highest BCUT2D eigenvalue weighted by Crippen LogP contribution is 2.20. The van der Waals surface area contributed by atoms with Gasteiger partial charge in [0.2, 0.25) is 0 Å². The topological polar surface area (TPSA) is 49.3 Å². The van der Waals surface area contributed by atoms with Crippen LogP contribution in [0.1, 0.15) is 15.9 Å². The fourth-order valence-corrected chi connectivity index (χ4v) is 2.10. The number of benzene rings is 2. The lowest BCUT2D eigenvalue weighted by Gasteiger charge is -2.07. The van der Waals surface area contributed by atoms with Gasteiger partial charge in [0.1, 0.15) is 5.75 Å². The van der Waals surface area contributed by atoms with Crippen molar-refractivity contribution in [3.63, 3.8) is 0 Å². The SMILES string of the molecule is Cc1ccc(NC(=O)c2cc(O)ccc2I)cc1. The highest BCUT2D eigenvalue weighted by atomic mass is 127. The number of carbonyl (C=O) groups excluding carboxylic acids is 1. The summed E-state index contributed by atoms with van der Waals surface area (Å²) in [5.74, 6) is -0.136. The summed E-state index contributed by atoms with van der Waals surface area (Å²) in [6, 6.07) is 12.3. The smallest absolute Gasteiger partial charge is 0.256 e. The Kier molecular flexibility index (Phi) is 3.86. The highest BCUT2D eigenvalue weighted by Gasteiger charge is 2.10. The standard InChI is InChI=1S/C14H12INO2/c1-9-2-4-10(5-3-9)16-14(18)12-8-11(17)6-7-13(12)15/h2-8,17H,1H3,(H,16,18). The molecule has 0 heterocycles. The number of aryl methyl sites for hydroxylation is 1. The van der Waals surface area contributed by atoms with Crippen LogP contribution in [0.3, 0.4) is 0 Å². The first-order valence-electron chi connectivity index (χ1n) is 5.43. The number of phenolic OH excluding ortho intramolecular Hbond substituents is 1. The molecule has 0 fully saturated rings. The van der Waals surface area contributed by atoms with E-state index >= 15 is 0 Å². The molecule has 0 aromatic heterocycles. The molecule has 2 aromatic carbocycles. The lowest BCUT2D eigenvalue weighted by atomic mass is 10.2. The molecule has 0 bridgehead atoms. The number of phenols is 1. The van der Waals surface area contributed by atoms with Crippen LogP contribution in [0.5, 0.6) is 5.75 Å². The first kappa shape index (κ1) is 12.9. The number of anilines is 1. The van der Waals surface area contributed by atoms with Crippen molar-refractivity contribution in [1.29, 1.82) is 0 Å². The van der Waals surface area contributed by atoms with Crippen molar-refractivity contribution in [1.82, 2.24) is 0 Å². The van der Waals surface area contributed by atoms with E-state index in [1.165, 1.54) is 6.07 Å². The molecule has 0 aliphatic rings. The number of carbonyl (C=O) groups is 1. The number of amides is 1. The quantitative estimate of drug-likeness (QED) is 0.812. The van der Waals surface area contributed by atoms with E-state index in [0.29, 0.717) is 5.56 Å². The molecular formula is C14H12INO2. The van der Waals surface area contributed by atoms with Crippen molar-refractivity contribution >= 4 is 34.2 Å². The monoisotopic (exact) mass is 353 g/mol. The second kappa shape index (κ2) is 5.39. The third kappa shape index (κ3) is 3.01. The van der Waals surface area contributed by atoms with Gasteiger partial charge in [-0.15, -0.1) is 0 Å². The van der Waals surface area contributed by atoms with Gasteiger partial charge in [-0.3, -0.25) is 4.79 Å². The van der Waals surface area contributed by atoms with Crippen LogP contribution in [-0.2, 0) is 0 Å². The minimum Gasteiger partial charge on any atom is -0.508 e. The van der Waals surface area contributed by atoms with Gasteiger partial charge in [0.05, 0.1) is 5.56 Å². The third-order valence-electron chi connectivity index (χ3n) is 2.50. The van der Waals surface area contributed by atoms with Crippen LogP contribution in [-0.4, -0.2) is 11.0 Å². The Morgan fingerprint density at radius 1 is 1.17 bits per heavy atom. The minimum atomic E-state index is -0.223. The van der Waals surface area contributed by atoms with Gasteiger partial charge in [0.15, 0.2) is 0 Å². The maximum absolute atomic E-state index is 12.0. The van der Waals surface area contributed by atoms with Crippen LogP contribution in [0.25, 0.3) is 0 Å². The van der Waals surface area contributed by atoms with E-state index < -0.39 is 0 Å². The molecule has 4 heteroatoms. The van der Waals surface area contributed by atoms with Crippen LogP contribution in [0.2, 0.25) is 0 Å². The van der Waals surface area contributed by atoms with Crippen molar-refractivity contribution in [2.24, 2.45) is 0 Å². The normalized spacial score (nSPS) is 10.1. The van der Waals surface area contributed by atoms with Crippen LogP contribution in [0.15, 0.2) is 42.5 Å². The fourth-order valence-electron chi connectivity index (χ4n) is 1.52. The molecule has 3 nitrogen and oxygen atoms in total. The second-order valence-corrected chi connectivity index (χ2v) is 5.15. The summed E-state index contributed by atoms with van der Waals surface area (Å²) < 4.78 is 0.801. The summed E-state index contributed by atoms with van der Waals surface area (Å²) in [7, 11) is 0. The van der Waals surface area contributed by atoms with Crippen molar-refractivity contribution in [2.45, 2.75) is 6.92 Å². The van der Waals surface area contributed by atoms with Crippen LogP contribution < -0.4 is 5.32 Å². The van der Waals surface area contributed by atoms with E-state index in [9.17, 15) is 9.90 Å². The Hall–Kier alpha value is -1.56. The van der Waals surface area contributed by atoms with Crippen LogP contribution in [0, 0.1) is 10.5 Å². The average Bonchev–Trinajstić information content (AvgIpc) is 2.35. The Morgan fingerprint density at radius 3 is 2.50 bits per heavy atom. The third-order valence-corrected chi connectivity index (χ3v) is 3.44. The first-order chi connectivity index (χ1) is 8.56. The first-order valence-corrected chi connectivity index (χ1v) is 6.50. The van der Waals surface area contributed by atoms with Crippen molar-refractivity contribution in [2.75, 3.05) is 5.32 Å². The van der Waals surface area contributed by atoms with Gasteiger partial charge in [-0.25, -0.2) is 0 Å². The molecule has 0 saturated carbocycles. The van der Waals surface area contributed by atoms with E-state index in [1.54, 1.807) is 12.1 Å². The van der Waals surface area contributed by atoms with E-state index in [2.05, 4.69) is 27.9 Å². The molecule has 2 aromatic rings. The summed E-state index contributed by atoms with van der Waals surface area (Å²) in [6.45, 7) is 1.99. The van der Waals surface area contributed by atoms with Crippen LogP contribution >= 0.6 is 22.6 Å². The van der Waals surface area contributed by atoms with Gasteiger partial charge >= 0.3 is 0 Å². The maximum atomic E-state index is 12.0. The zero-order valence-corrected chi connectivity index (χ0v) is 11.9. The number of rotatable bonds is 2. The number of hydrogen-bond acceptors (Lipinski definition) is 2. The molecule has 2 N–H and O–H groups in total. The summed E-state index contributed by atoms with van der Waals surface area (Å²) >= 11 is 2.07. The lowest BCUT2D eigenvalue weighted by Crippen LogP contribution is -2.13. The molecule has 0 atom stereocenters. The number of halogens is 1. The lowest BCUT2D eigenvalue weighted by molar-refractivity contribution is 0.102. The highest BCUT2D eigenvalue weighted by molar-refractivity contribution is 14.1. The Bertz CT molecular complexity index is 579. The largest absolute Gasteiger partial charge is 0.508 e. The van der Waals surface area contributed by atoms with E-state index in [4.69, 9.17) is 0 Å². The van der Waals surface area contributed by atoms with Gasteiger partial charge in [0, 0.05) is 9.26 Å². The maximum Gasteiger partial charge on any atom is 0.256 e. The van der Waals surface area contributed by atoms with Crippen LogP contribution in [0.4, 0.5) is 5.69 Å². The number of aromatic hydroxyl groups is 1. The minimum absolute atomic E-state index is 0.0875. The van der Waals surface area contributed by atoms with Crippen molar-refractivity contribution in [3.05, 3.63) is 57.2 Å². The van der Waals surface area contributed by atoms with E-state index in [-0.39, 0.29) is 11.7 Å². The molecule has 18 heavy (non-hydrogen) atoms. The molecule has 92 valence electrons. The number of hydrogen-bond donors (Lipinski definition) is 2. The summed E-state index contributed by atoms with van der Waals surface area (Å²) in [6.07, 6.45) is 0.